The summed E-state index contributed by atoms with van der Waals surface area (Å²) in [6, 6.07) is 0. The summed E-state index contributed by atoms with van der Waals surface area (Å²) in [7, 11) is 0. The molecule has 5 fully saturated rings. The van der Waals surface area contributed by atoms with Crippen molar-refractivity contribution < 1.29 is 14.9 Å². The van der Waals surface area contributed by atoms with E-state index in [-0.39, 0.29) is 33.5 Å². The molecule has 4 saturated carbocycles. The first-order chi connectivity index (χ1) is 10.9. The van der Waals surface area contributed by atoms with Crippen LogP contribution in [-0.2, 0) is 4.74 Å². The third kappa shape index (κ3) is 1.72. The lowest BCUT2D eigenvalue weighted by molar-refractivity contribution is -0.291. The summed E-state index contributed by atoms with van der Waals surface area (Å²) in [6.45, 7) is 3.22. The van der Waals surface area contributed by atoms with E-state index in [4.69, 9.17) is 4.74 Å². The van der Waals surface area contributed by atoms with Crippen molar-refractivity contribution in [3.63, 3.8) is 0 Å². The average Bonchev–Trinajstić information content (AvgIpc) is 2.78. The average molecular weight is 385 g/mol. The van der Waals surface area contributed by atoms with Gasteiger partial charge in [0.15, 0.2) is 0 Å². The molecular weight excluding hydrogens is 356 g/mol. The fraction of sp³-hybridized carbons (Fsp3) is 1.00. The first-order valence-electron chi connectivity index (χ1n) is 9.57. The van der Waals surface area contributed by atoms with Gasteiger partial charge in [-0.15, -0.1) is 0 Å². The number of hydrogen-bond donors (Lipinski definition) is 2. The lowest BCUT2D eigenvalue weighted by Gasteiger charge is -2.71. The van der Waals surface area contributed by atoms with Gasteiger partial charge >= 0.3 is 0 Å². The van der Waals surface area contributed by atoms with E-state index in [9.17, 15) is 10.2 Å². The van der Waals surface area contributed by atoms with Crippen LogP contribution in [-0.4, -0.2) is 39.5 Å². The molecule has 1 aliphatic heterocycles. The first-order valence-corrected chi connectivity index (χ1v) is 10.4. The minimum atomic E-state index is -0.216. The van der Waals surface area contributed by atoms with Crippen molar-refractivity contribution in [3.05, 3.63) is 0 Å². The van der Waals surface area contributed by atoms with Gasteiger partial charge in [0.25, 0.3) is 0 Å². The molecule has 0 amide bonds. The van der Waals surface area contributed by atoms with Crippen molar-refractivity contribution in [1.82, 2.24) is 0 Å². The number of aliphatic hydroxyl groups is 2. The second kappa shape index (κ2) is 4.75. The predicted octanol–water partition coefficient (Wildman–Crippen LogP) is 3.26. The first kappa shape index (κ1) is 15.6. The minimum absolute atomic E-state index is 0.0761. The van der Waals surface area contributed by atoms with Gasteiger partial charge in [0.2, 0.25) is 0 Å². The Bertz CT molecular complexity index is 527. The van der Waals surface area contributed by atoms with Gasteiger partial charge in [0, 0.05) is 16.2 Å². The molecule has 1 saturated heterocycles. The van der Waals surface area contributed by atoms with E-state index >= 15 is 0 Å². The maximum atomic E-state index is 10.6. The highest BCUT2D eigenvalue weighted by Crippen LogP contribution is 2.72. The van der Waals surface area contributed by atoms with E-state index in [1.165, 1.54) is 25.7 Å². The smallest absolute Gasteiger partial charge is 0.0694 e. The fourth-order valence-corrected chi connectivity index (χ4v) is 8.95. The Morgan fingerprint density at radius 1 is 1.04 bits per heavy atom. The molecule has 0 aromatic rings. The third-order valence-electron chi connectivity index (χ3n) is 8.90. The van der Waals surface area contributed by atoms with Crippen molar-refractivity contribution in [1.29, 1.82) is 0 Å². The summed E-state index contributed by atoms with van der Waals surface area (Å²) in [5, 5.41) is 20.9. The highest BCUT2D eigenvalue weighted by atomic mass is 79.9. The highest BCUT2D eigenvalue weighted by Gasteiger charge is 2.72. The molecule has 0 radical (unpaired) electrons. The summed E-state index contributed by atoms with van der Waals surface area (Å²) < 4.78 is 6.07. The second-order valence-corrected chi connectivity index (χ2v) is 11.0. The summed E-state index contributed by atoms with van der Waals surface area (Å²) in [6.07, 6.45) is 8.66. The lowest BCUT2D eigenvalue weighted by Crippen LogP contribution is -2.74. The Morgan fingerprint density at radius 3 is 2.61 bits per heavy atom. The monoisotopic (exact) mass is 384 g/mol. The quantitative estimate of drug-likeness (QED) is 0.630. The third-order valence-corrected chi connectivity index (χ3v) is 10.4. The van der Waals surface area contributed by atoms with Crippen LogP contribution in [0.2, 0.25) is 0 Å². The van der Waals surface area contributed by atoms with Crippen LogP contribution >= 0.6 is 15.9 Å². The number of aliphatic hydroxyl groups excluding tert-OH is 2. The number of halogens is 1. The van der Waals surface area contributed by atoms with E-state index < -0.39 is 0 Å². The van der Waals surface area contributed by atoms with Crippen LogP contribution in [0.4, 0.5) is 0 Å². The molecule has 4 aliphatic carbocycles. The Hall–Kier alpha value is 0.360. The molecule has 0 aromatic heterocycles. The van der Waals surface area contributed by atoms with Gasteiger partial charge in [-0.05, 0) is 68.1 Å². The molecule has 130 valence electrons. The Kier molecular flexibility index (Phi) is 3.22. The van der Waals surface area contributed by atoms with Gasteiger partial charge in [-0.25, -0.2) is 0 Å². The minimum Gasteiger partial charge on any atom is -0.393 e. The van der Waals surface area contributed by atoms with Crippen LogP contribution in [0.5, 0.6) is 0 Å². The molecule has 4 heteroatoms. The van der Waals surface area contributed by atoms with Gasteiger partial charge in [0.1, 0.15) is 0 Å². The van der Waals surface area contributed by atoms with Crippen molar-refractivity contribution in [2.45, 2.75) is 80.9 Å². The van der Waals surface area contributed by atoms with E-state index in [0.717, 1.165) is 38.2 Å². The van der Waals surface area contributed by atoms with Crippen molar-refractivity contribution in [2.75, 3.05) is 6.61 Å². The van der Waals surface area contributed by atoms with Crippen LogP contribution in [0.15, 0.2) is 0 Å². The van der Waals surface area contributed by atoms with E-state index in [0.29, 0.717) is 11.8 Å². The number of rotatable bonds is 0. The Balaban J connectivity index is 1.53. The molecule has 5 aliphatic rings. The number of fused-ring (bicyclic) bond motifs is 3. The molecule has 5 rings (SSSR count). The summed E-state index contributed by atoms with van der Waals surface area (Å²) in [5.74, 6) is 2.15. The lowest BCUT2D eigenvalue weighted by atomic mass is 9.42. The zero-order valence-electron chi connectivity index (χ0n) is 14.0. The van der Waals surface area contributed by atoms with Crippen molar-refractivity contribution in [2.24, 2.45) is 28.6 Å². The zero-order valence-corrected chi connectivity index (χ0v) is 15.6. The van der Waals surface area contributed by atoms with Crippen LogP contribution in [0.3, 0.4) is 0 Å². The van der Waals surface area contributed by atoms with E-state index in [1.807, 2.05) is 0 Å². The molecule has 1 spiro atoms. The summed E-state index contributed by atoms with van der Waals surface area (Å²) >= 11 is 4.13. The van der Waals surface area contributed by atoms with Crippen LogP contribution in [0, 0.1) is 28.6 Å². The molecule has 0 aromatic carbocycles. The maximum Gasteiger partial charge on any atom is 0.0694 e. The SMILES string of the molecule is C[C@]12CC[C@H]3[C@@H](CC[C@@]4(Br)C[C@@H](O)C[C@H]5OC[C@@]534)[C@@H]1CC[C@@H]2O. The van der Waals surface area contributed by atoms with Crippen LogP contribution in [0.25, 0.3) is 0 Å². The number of ether oxygens (including phenoxy) is 1. The second-order valence-electron chi connectivity index (χ2n) is 9.45. The molecule has 0 unspecified atom stereocenters. The molecule has 2 N–H and O–H groups in total. The molecule has 3 nitrogen and oxygen atoms in total. The highest BCUT2D eigenvalue weighted by molar-refractivity contribution is 9.10. The standard InChI is InChI=1S/C19H29BrO3/c1-17-6-5-14-12(13(17)2-3-15(17)22)4-7-18(20)9-11(21)8-16-19(14,18)10-23-16/h11-16,21-22H,2-10H2,1H3/t11-,12-,13-,14-,15-,16+,17-,18+,19-/m0/s1. The van der Waals surface area contributed by atoms with E-state index in [1.54, 1.807) is 0 Å². The summed E-state index contributed by atoms with van der Waals surface area (Å²) in [4.78, 5) is 0. The van der Waals surface area contributed by atoms with Gasteiger partial charge in [0.05, 0.1) is 24.9 Å². The molecular formula is C19H29BrO3. The Labute approximate surface area is 147 Å². The van der Waals surface area contributed by atoms with Crippen LogP contribution < -0.4 is 0 Å². The van der Waals surface area contributed by atoms with Gasteiger partial charge in [-0.2, -0.15) is 0 Å². The van der Waals surface area contributed by atoms with Gasteiger partial charge in [-0.3, -0.25) is 0 Å². The van der Waals surface area contributed by atoms with E-state index in [2.05, 4.69) is 22.9 Å². The largest absolute Gasteiger partial charge is 0.393 e. The van der Waals surface area contributed by atoms with Crippen molar-refractivity contribution in [3.8, 4) is 0 Å². The van der Waals surface area contributed by atoms with Gasteiger partial charge in [-0.1, -0.05) is 22.9 Å². The topological polar surface area (TPSA) is 49.7 Å². The molecule has 0 bridgehead atoms. The predicted molar refractivity (Wildman–Crippen MR) is 91.4 cm³/mol. The maximum absolute atomic E-state index is 10.6. The zero-order chi connectivity index (χ0) is 16.0. The molecule has 9 atom stereocenters. The normalized spacial score (nSPS) is 64.2. The Morgan fingerprint density at radius 2 is 1.87 bits per heavy atom. The number of alkyl halides is 1. The number of hydrogen-bond acceptors (Lipinski definition) is 3. The van der Waals surface area contributed by atoms with Gasteiger partial charge < -0.3 is 14.9 Å². The molecule has 1 heterocycles. The van der Waals surface area contributed by atoms with Crippen LogP contribution in [0.1, 0.15) is 58.3 Å². The summed E-state index contributed by atoms with van der Waals surface area (Å²) in [5.41, 5.74) is 0.391. The molecule has 23 heavy (non-hydrogen) atoms. The fourth-order valence-electron chi connectivity index (χ4n) is 7.68. The van der Waals surface area contributed by atoms with Crippen molar-refractivity contribution >= 4 is 15.9 Å².